The number of aromatic nitrogens is 1. The van der Waals surface area contributed by atoms with Gasteiger partial charge in [-0.1, -0.05) is 18.5 Å². The fourth-order valence-corrected chi connectivity index (χ4v) is 2.02. The molecule has 90 valence electrons. The van der Waals surface area contributed by atoms with Crippen molar-refractivity contribution in [1.29, 1.82) is 0 Å². The van der Waals surface area contributed by atoms with Gasteiger partial charge in [0.15, 0.2) is 0 Å². The van der Waals surface area contributed by atoms with E-state index in [9.17, 15) is 0 Å². The average Bonchev–Trinajstić information content (AvgIpc) is 2.31. The van der Waals surface area contributed by atoms with E-state index in [0.29, 0.717) is 17.6 Å². The lowest BCUT2D eigenvalue weighted by Crippen LogP contribution is -2.33. The summed E-state index contributed by atoms with van der Waals surface area (Å²) in [5.74, 6) is 0.849. The van der Waals surface area contributed by atoms with Crippen molar-refractivity contribution in [3.63, 3.8) is 0 Å². The van der Waals surface area contributed by atoms with Crippen LogP contribution in [0.25, 0.3) is 0 Å². The van der Waals surface area contributed by atoms with Crippen LogP contribution in [-0.4, -0.2) is 17.6 Å². The van der Waals surface area contributed by atoms with Crippen LogP contribution >= 0.6 is 11.6 Å². The van der Waals surface area contributed by atoms with Crippen LogP contribution in [0.5, 0.6) is 0 Å². The maximum absolute atomic E-state index is 6.30. The lowest BCUT2D eigenvalue weighted by atomic mass is 10.2. The third kappa shape index (κ3) is 2.66. The molecule has 1 aromatic heterocycles. The first-order chi connectivity index (χ1) is 7.65. The minimum absolute atomic E-state index is 0.433. The summed E-state index contributed by atoms with van der Waals surface area (Å²) in [4.78, 5) is 6.58. The van der Waals surface area contributed by atoms with Gasteiger partial charge in [-0.05, 0) is 31.9 Å². The smallest absolute Gasteiger partial charge is 0.147 e. The first kappa shape index (κ1) is 13.3. The molecule has 0 radical (unpaired) electrons. The third-order valence-corrected chi connectivity index (χ3v) is 3.32. The quantitative estimate of drug-likeness (QED) is 0.862. The Morgan fingerprint density at radius 1 is 1.50 bits per heavy atom. The molecule has 0 fully saturated rings. The molecule has 0 aliphatic carbocycles. The molecule has 0 saturated heterocycles. The first-order valence-electron chi connectivity index (χ1n) is 5.75. The number of anilines is 1. The summed E-state index contributed by atoms with van der Waals surface area (Å²) in [6.07, 6.45) is 2.84. The SMILES string of the molecule is CCC(C)N(CC)c1nccc(CN)c1Cl. The van der Waals surface area contributed by atoms with E-state index in [2.05, 4.69) is 30.7 Å². The zero-order valence-corrected chi connectivity index (χ0v) is 11.0. The van der Waals surface area contributed by atoms with Gasteiger partial charge in [0.05, 0.1) is 5.02 Å². The number of nitrogens with two attached hydrogens (primary N) is 1. The number of pyridine rings is 1. The monoisotopic (exact) mass is 241 g/mol. The van der Waals surface area contributed by atoms with Crippen LogP contribution in [0.4, 0.5) is 5.82 Å². The Morgan fingerprint density at radius 2 is 2.19 bits per heavy atom. The summed E-state index contributed by atoms with van der Waals surface area (Å²) >= 11 is 6.30. The van der Waals surface area contributed by atoms with Gasteiger partial charge in [-0.3, -0.25) is 0 Å². The lowest BCUT2D eigenvalue weighted by Gasteiger charge is -2.29. The molecule has 0 saturated carbocycles. The maximum Gasteiger partial charge on any atom is 0.147 e. The van der Waals surface area contributed by atoms with Gasteiger partial charge < -0.3 is 10.6 Å². The van der Waals surface area contributed by atoms with E-state index in [1.807, 2.05) is 6.07 Å². The highest BCUT2D eigenvalue weighted by Gasteiger charge is 2.16. The van der Waals surface area contributed by atoms with Crippen LogP contribution in [0, 0.1) is 0 Å². The summed E-state index contributed by atoms with van der Waals surface area (Å²) in [5, 5.41) is 0.687. The highest BCUT2D eigenvalue weighted by atomic mass is 35.5. The molecule has 1 unspecified atom stereocenters. The Hall–Kier alpha value is -0.800. The Bertz CT molecular complexity index is 341. The fourth-order valence-electron chi connectivity index (χ4n) is 1.72. The number of nitrogens with zero attached hydrogens (tertiary/aromatic N) is 2. The van der Waals surface area contributed by atoms with Crippen LogP contribution in [0.1, 0.15) is 32.8 Å². The van der Waals surface area contributed by atoms with Crippen LogP contribution < -0.4 is 10.6 Å². The molecular weight excluding hydrogens is 222 g/mol. The topological polar surface area (TPSA) is 42.2 Å². The van der Waals surface area contributed by atoms with Crippen molar-refractivity contribution in [2.45, 2.75) is 39.8 Å². The molecule has 0 aliphatic heterocycles. The van der Waals surface area contributed by atoms with E-state index in [4.69, 9.17) is 17.3 Å². The summed E-state index contributed by atoms with van der Waals surface area (Å²) in [7, 11) is 0. The van der Waals surface area contributed by atoms with E-state index in [-0.39, 0.29) is 0 Å². The Kier molecular flexibility index (Phi) is 5.03. The Labute approximate surface area is 103 Å². The van der Waals surface area contributed by atoms with Crippen molar-refractivity contribution >= 4 is 17.4 Å². The van der Waals surface area contributed by atoms with Gasteiger partial charge in [0.2, 0.25) is 0 Å². The number of hydrogen-bond acceptors (Lipinski definition) is 3. The highest BCUT2D eigenvalue weighted by Crippen LogP contribution is 2.28. The predicted octanol–water partition coefficient (Wildman–Crippen LogP) is 2.82. The van der Waals surface area contributed by atoms with Gasteiger partial charge in [0.25, 0.3) is 0 Å². The van der Waals surface area contributed by atoms with E-state index < -0.39 is 0 Å². The summed E-state index contributed by atoms with van der Waals surface area (Å²) < 4.78 is 0. The molecule has 0 amide bonds. The van der Waals surface area contributed by atoms with Crippen molar-refractivity contribution < 1.29 is 0 Å². The number of hydrogen-bond donors (Lipinski definition) is 1. The first-order valence-corrected chi connectivity index (χ1v) is 6.13. The van der Waals surface area contributed by atoms with E-state index in [1.165, 1.54) is 0 Å². The molecular formula is C12H20ClN3. The van der Waals surface area contributed by atoms with Gasteiger partial charge in [0, 0.05) is 25.3 Å². The maximum atomic E-state index is 6.30. The summed E-state index contributed by atoms with van der Waals surface area (Å²) in [6, 6.07) is 2.30. The van der Waals surface area contributed by atoms with Crippen molar-refractivity contribution in [3.05, 3.63) is 22.8 Å². The molecule has 1 atom stereocenters. The summed E-state index contributed by atoms with van der Waals surface area (Å²) in [5.41, 5.74) is 6.59. The third-order valence-electron chi connectivity index (χ3n) is 2.91. The lowest BCUT2D eigenvalue weighted by molar-refractivity contribution is 0.623. The average molecular weight is 242 g/mol. The largest absolute Gasteiger partial charge is 0.353 e. The Morgan fingerprint density at radius 3 is 2.69 bits per heavy atom. The Balaban J connectivity index is 3.10. The molecule has 2 N–H and O–H groups in total. The van der Waals surface area contributed by atoms with Crippen molar-refractivity contribution in [2.75, 3.05) is 11.4 Å². The van der Waals surface area contributed by atoms with Gasteiger partial charge in [-0.25, -0.2) is 4.98 Å². The molecule has 16 heavy (non-hydrogen) atoms. The standard InChI is InChI=1S/C12H20ClN3/c1-4-9(3)16(5-2)12-11(13)10(8-14)6-7-15-12/h6-7,9H,4-5,8,14H2,1-3H3. The zero-order valence-electron chi connectivity index (χ0n) is 10.2. The molecule has 3 nitrogen and oxygen atoms in total. The molecule has 0 aliphatic rings. The zero-order chi connectivity index (χ0) is 12.1. The fraction of sp³-hybridized carbons (Fsp3) is 0.583. The molecule has 0 bridgehead atoms. The van der Waals surface area contributed by atoms with Gasteiger partial charge in [-0.2, -0.15) is 0 Å². The van der Waals surface area contributed by atoms with Crippen LogP contribution in [0.15, 0.2) is 12.3 Å². The minimum atomic E-state index is 0.433. The van der Waals surface area contributed by atoms with E-state index >= 15 is 0 Å². The normalized spacial score (nSPS) is 12.6. The van der Waals surface area contributed by atoms with E-state index in [1.54, 1.807) is 6.20 Å². The minimum Gasteiger partial charge on any atom is -0.353 e. The number of halogens is 1. The van der Waals surface area contributed by atoms with Gasteiger partial charge >= 0.3 is 0 Å². The molecule has 1 heterocycles. The van der Waals surface area contributed by atoms with Gasteiger partial charge in [-0.15, -0.1) is 0 Å². The van der Waals surface area contributed by atoms with Crippen molar-refractivity contribution in [1.82, 2.24) is 4.98 Å². The molecule has 0 aromatic carbocycles. The second kappa shape index (κ2) is 6.06. The highest BCUT2D eigenvalue weighted by molar-refractivity contribution is 6.33. The van der Waals surface area contributed by atoms with Crippen LogP contribution in [0.2, 0.25) is 5.02 Å². The second-order valence-electron chi connectivity index (χ2n) is 3.86. The van der Waals surface area contributed by atoms with E-state index in [0.717, 1.165) is 24.3 Å². The van der Waals surface area contributed by atoms with Gasteiger partial charge in [0.1, 0.15) is 5.82 Å². The van der Waals surface area contributed by atoms with Crippen LogP contribution in [-0.2, 0) is 6.54 Å². The number of rotatable bonds is 5. The summed E-state index contributed by atoms with van der Waals surface area (Å²) in [6.45, 7) is 7.80. The molecule has 0 spiro atoms. The molecule has 1 rings (SSSR count). The van der Waals surface area contributed by atoms with Crippen molar-refractivity contribution in [2.24, 2.45) is 5.73 Å². The predicted molar refractivity (Wildman–Crippen MR) is 69.9 cm³/mol. The van der Waals surface area contributed by atoms with Crippen LogP contribution in [0.3, 0.4) is 0 Å². The molecule has 4 heteroatoms. The molecule has 1 aromatic rings. The van der Waals surface area contributed by atoms with Crippen molar-refractivity contribution in [3.8, 4) is 0 Å². The second-order valence-corrected chi connectivity index (χ2v) is 4.23.